The Hall–Kier alpha value is -1.46. The standard InChI is InChI=1S/C17H21Cl2NO4/c1-17(2,3)24-16(23)20-9-10(7-14(20)15(21)22)6-11-4-5-12(18)8-13(11)19/h4-5,8,10,14H,6-7,9H2,1-3H3,(H,21,22). The molecule has 0 spiro atoms. The van der Waals surface area contributed by atoms with E-state index in [4.69, 9.17) is 27.9 Å². The molecule has 7 heteroatoms. The van der Waals surface area contributed by atoms with Gasteiger partial charge in [-0.25, -0.2) is 9.59 Å². The van der Waals surface area contributed by atoms with Crippen LogP contribution in [0.4, 0.5) is 4.79 Å². The second kappa shape index (κ2) is 7.19. The Labute approximate surface area is 151 Å². The predicted molar refractivity (Wildman–Crippen MR) is 92.6 cm³/mol. The van der Waals surface area contributed by atoms with E-state index in [0.29, 0.717) is 29.4 Å². The molecule has 0 bridgehead atoms. The molecule has 0 saturated carbocycles. The van der Waals surface area contributed by atoms with Gasteiger partial charge in [-0.15, -0.1) is 0 Å². The van der Waals surface area contributed by atoms with Gasteiger partial charge in [-0.3, -0.25) is 4.90 Å². The number of likely N-dealkylation sites (tertiary alicyclic amines) is 1. The second-order valence-electron chi connectivity index (χ2n) is 7.03. The average Bonchev–Trinajstić information content (AvgIpc) is 2.84. The van der Waals surface area contributed by atoms with E-state index >= 15 is 0 Å². The molecule has 5 nitrogen and oxygen atoms in total. The zero-order valence-electron chi connectivity index (χ0n) is 13.9. The molecule has 2 atom stereocenters. The summed E-state index contributed by atoms with van der Waals surface area (Å²) in [6, 6.07) is 4.36. The minimum Gasteiger partial charge on any atom is -0.480 e. The first-order valence-corrected chi connectivity index (χ1v) is 8.49. The lowest BCUT2D eigenvalue weighted by Crippen LogP contribution is -2.43. The first-order chi connectivity index (χ1) is 11.1. The lowest BCUT2D eigenvalue weighted by atomic mass is 9.97. The largest absolute Gasteiger partial charge is 0.480 e. The number of carboxylic acids is 1. The normalized spacial score (nSPS) is 21.0. The highest BCUT2D eigenvalue weighted by molar-refractivity contribution is 6.35. The van der Waals surface area contributed by atoms with Crippen molar-refractivity contribution >= 4 is 35.3 Å². The summed E-state index contributed by atoms with van der Waals surface area (Å²) in [6.45, 7) is 5.58. The molecular formula is C17H21Cl2NO4. The molecule has 132 valence electrons. The minimum atomic E-state index is -1.02. The molecule has 1 aromatic rings. The first kappa shape index (κ1) is 18.9. The molecule has 1 aliphatic rings. The molecule has 1 aliphatic heterocycles. The van der Waals surface area contributed by atoms with Gasteiger partial charge in [0.1, 0.15) is 11.6 Å². The van der Waals surface area contributed by atoms with Gasteiger partial charge in [0.25, 0.3) is 0 Å². The van der Waals surface area contributed by atoms with Gasteiger partial charge in [0.15, 0.2) is 0 Å². The molecule has 0 aromatic heterocycles. The Morgan fingerprint density at radius 1 is 1.33 bits per heavy atom. The highest BCUT2D eigenvalue weighted by Gasteiger charge is 2.41. The maximum Gasteiger partial charge on any atom is 0.411 e. The van der Waals surface area contributed by atoms with Crippen LogP contribution in [0.3, 0.4) is 0 Å². The van der Waals surface area contributed by atoms with E-state index in [9.17, 15) is 14.7 Å². The fourth-order valence-corrected chi connectivity index (χ4v) is 3.31. The maximum atomic E-state index is 12.3. The Morgan fingerprint density at radius 2 is 2.00 bits per heavy atom. The number of carboxylic acid groups (broad SMARTS) is 1. The van der Waals surface area contributed by atoms with E-state index in [1.807, 2.05) is 6.07 Å². The molecule has 1 N–H and O–H groups in total. The van der Waals surface area contributed by atoms with Crippen molar-refractivity contribution in [2.24, 2.45) is 5.92 Å². The van der Waals surface area contributed by atoms with Gasteiger partial charge in [-0.1, -0.05) is 29.3 Å². The van der Waals surface area contributed by atoms with E-state index in [2.05, 4.69) is 0 Å². The molecule has 0 radical (unpaired) electrons. The summed E-state index contributed by atoms with van der Waals surface area (Å²) in [5, 5.41) is 10.5. The van der Waals surface area contributed by atoms with Gasteiger partial charge in [0, 0.05) is 16.6 Å². The summed E-state index contributed by atoms with van der Waals surface area (Å²) in [5.41, 5.74) is 0.221. The third kappa shape index (κ3) is 4.77. The van der Waals surface area contributed by atoms with Crippen molar-refractivity contribution in [2.75, 3.05) is 6.54 Å². The van der Waals surface area contributed by atoms with Gasteiger partial charge < -0.3 is 9.84 Å². The molecule has 0 aliphatic carbocycles. The number of nitrogens with zero attached hydrogens (tertiary/aromatic N) is 1. The maximum absolute atomic E-state index is 12.3. The van der Waals surface area contributed by atoms with Crippen molar-refractivity contribution in [3.8, 4) is 0 Å². The van der Waals surface area contributed by atoms with Crippen LogP contribution in [-0.4, -0.2) is 40.3 Å². The van der Waals surface area contributed by atoms with Crippen LogP contribution in [0.2, 0.25) is 10.0 Å². The average molecular weight is 374 g/mol. The van der Waals surface area contributed by atoms with Gasteiger partial charge >= 0.3 is 12.1 Å². The topological polar surface area (TPSA) is 66.8 Å². The van der Waals surface area contributed by atoms with Crippen molar-refractivity contribution in [1.82, 2.24) is 4.90 Å². The molecule has 2 rings (SSSR count). The molecule has 1 heterocycles. The second-order valence-corrected chi connectivity index (χ2v) is 7.87. The van der Waals surface area contributed by atoms with Crippen LogP contribution in [0, 0.1) is 5.92 Å². The Balaban J connectivity index is 2.11. The Morgan fingerprint density at radius 3 is 2.54 bits per heavy atom. The number of carbonyl (C=O) groups is 2. The molecule has 24 heavy (non-hydrogen) atoms. The highest BCUT2D eigenvalue weighted by atomic mass is 35.5. The number of carbonyl (C=O) groups excluding carboxylic acids is 1. The van der Waals surface area contributed by atoms with Crippen molar-refractivity contribution in [2.45, 2.75) is 45.3 Å². The first-order valence-electron chi connectivity index (χ1n) is 7.73. The number of benzene rings is 1. The Bertz CT molecular complexity index is 642. The fraction of sp³-hybridized carbons (Fsp3) is 0.529. The van der Waals surface area contributed by atoms with Gasteiger partial charge in [-0.2, -0.15) is 0 Å². The van der Waals surface area contributed by atoms with Crippen LogP contribution in [-0.2, 0) is 16.0 Å². The van der Waals surface area contributed by atoms with Gasteiger partial charge in [0.05, 0.1) is 0 Å². The number of hydrogen-bond donors (Lipinski definition) is 1. The monoisotopic (exact) mass is 373 g/mol. The van der Waals surface area contributed by atoms with E-state index in [1.165, 1.54) is 4.90 Å². The SMILES string of the molecule is CC(C)(C)OC(=O)N1CC(Cc2ccc(Cl)cc2Cl)CC1C(=O)O. The third-order valence-electron chi connectivity index (χ3n) is 3.82. The van der Waals surface area contributed by atoms with Gasteiger partial charge in [-0.05, 0) is 57.2 Å². The molecule has 2 unspecified atom stereocenters. The summed E-state index contributed by atoms with van der Waals surface area (Å²) in [7, 11) is 0. The van der Waals surface area contributed by atoms with Gasteiger partial charge in [0.2, 0.25) is 0 Å². The summed E-state index contributed by atoms with van der Waals surface area (Å²) in [4.78, 5) is 25.1. The van der Waals surface area contributed by atoms with Crippen LogP contribution in [0.1, 0.15) is 32.8 Å². The number of aliphatic carboxylic acids is 1. The number of halogens is 2. The zero-order valence-corrected chi connectivity index (χ0v) is 15.4. The number of hydrogen-bond acceptors (Lipinski definition) is 3. The fourth-order valence-electron chi connectivity index (χ4n) is 2.83. The predicted octanol–water partition coefficient (Wildman–Crippen LogP) is 4.25. The van der Waals surface area contributed by atoms with E-state index in [1.54, 1.807) is 32.9 Å². The van der Waals surface area contributed by atoms with Crippen LogP contribution >= 0.6 is 23.2 Å². The molecule has 1 saturated heterocycles. The van der Waals surface area contributed by atoms with E-state index in [0.717, 1.165) is 5.56 Å². The van der Waals surface area contributed by atoms with Crippen LogP contribution in [0.25, 0.3) is 0 Å². The molecule has 1 fully saturated rings. The summed E-state index contributed by atoms with van der Waals surface area (Å²) in [6.07, 6.45) is 0.353. The highest BCUT2D eigenvalue weighted by Crippen LogP contribution is 2.31. The molecule has 1 aromatic carbocycles. The van der Waals surface area contributed by atoms with Crippen molar-refractivity contribution in [1.29, 1.82) is 0 Å². The summed E-state index contributed by atoms with van der Waals surface area (Å²) >= 11 is 12.1. The van der Waals surface area contributed by atoms with Crippen LogP contribution < -0.4 is 0 Å². The van der Waals surface area contributed by atoms with Crippen molar-refractivity contribution in [3.63, 3.8) is 0 Å². The van der Waals surface area contributed by atoms with Crippen molar-refractivity contribution in [3.05, 3.63) is 33.8 Å². The number of rotatable bonds is 3. The lowest BCUT2D eigenvalue weighted by molar-refractivity contribution is -0.142. The zero-order chi connectivity index (χ0) is 18.1. The molecule has 1 amide bonds. The summed E-state index contributed by atoms with van der Waals surface area (Å²) in [5.74, 6) is -1.03. The lowest BCUT2D eigenvalue weighted by Gasteiger charge is -2.26. The van der Waals surface area contributed by atoms with Crippen molar-refractivity contribution < 1.29 is 19.4 Å². The third-order valence-corrected chi connectivity index (χ3v) is 4.41. The smallest absolute Gasteiger partial charge is 0.411 e. The number of ether oxygens (including phenoxy) is 1. The number of amides is 1. The summed E-state index contributed by atoms with van der Waals surface area (Å²) < 4.78 is 5.32. The quantitative estimate of drug-likeness (QED) is 0.859. The van der Waals surface area contributed by atoms with E-state index in [-0.39, 0.29) is 5.92 Å². The molecular weight excluding hydrogens is 353 g/mol. The van der Waals surface area contributed by atoms with Crippen LogP contribution in [0.5, 0.6) is 0 Å². The minimum absolute atomic E-state index is 0.00251. The van der Waals surface area contributed by atoms with E-state index < -0.39 is 23.7 Å². The van der Waals surface area contributed by atoms with Crippen LogP contribution in [0.15, 0.2) is 18.2 Å². The Kier molecular flexibility index (Phi) is 5.66.